The number of benzene rings is 3. The molecule has 31 heavy (non-hydrogen) atoms. The zero-order valence-electron chi connectivity index (χ0n) is 16.4. The monoisotopic (exact) mass is 539 g/mol. The van der Waals surface area contributed by atoms with Crippen LogP contribution in [-0.2, 0) is 11.5 Å². The lowest BCUT2D eigenvalue weighted by atomic mass is 10.2. The quantitative estimate of drug-likeness (QED) is 0.304. The number of fused-ring (bicyclic) bond motifs is 1. The van der Waals surface area contributed by atoms with Gasteiger partial charge >= 0.3 is 0 Å². The third kappa shape index (κ3) is 4.20. The van der Waals surface area contributed by atoms with Crippen molar-refractivity contribution in [2.75, 3.05) is 5.32 Å². The zero-order valence-corrected chi connectivity index (χ0v) is 19.4. The summed E-state index contributed by atoms with van der Waals surface area (Å²) >= 11 is 3.99. The smallest absolute Gasteiger partial charge is 0.257 e. The molecule has 3 aromatic carbocycles. The van der Waals surface area contributed by atoms with Crippen LogP contribution in [0, 0.1) is 3.57 Å². The first kappa shape index (κ1) is 20.1. The van der Waals surface area contributed by atoms with Crippen LogP contribution >= 0.6 is 34.4 Å². The summed E-state index contributed by atoms with van der Waals surface area (Å²) in [7, 11) is 0. The Bertz CT molecular complexity index is 1240. The molecule has 1 aliphatic heterocycles. The van der Waals surface area contributed by atoms with E-state index < -0.39 is 0 Å². The first-order chi connectivity index (χ1) is 15.2. The SMILES string of the molecule is O=C(Nc1c2c(nn1-c1ccc(Oc3ccccc3)cc1)CSC2)c1ccccc1I. The number of anilines is 1. The van der Waals surface area contributed by atoms with E-state index in [0.29, 0.717) is 5.56 Å². The van der Waals surface area contributed by atoms with Gasteiger partial charge in [-0.1, -0.05) is 30.3 Å². The topological polar surface area (TPSA) is 56.2 Å². The number of halogens is 1. The van der Waals surface area contributed by atoms with Crippen molar-refractivity contribution >= 4 is 46.1 Å². The number of hydrogen-bond acceptors (Lipinski definition) is 4. The molecule has 154 valence electrons. The number of carbonyl (C=O) groups excluding carboxylic acids is 1. The highest BCUT2D eigenvalue weighted by Crippen LogP contribution is 2.36. The van der Waals surface area contributed by atoms with Crippen LogP contribution in [0.2, 0.25) is 0 Å². The highest BCUT2D eigenvalue weighted by Gasteiger charge is 2.25. The van der Waals surface area contributed by atoms with Gasteiger partial charge in [-0.05, 0) is 71.1 Å². The van der Waals surface area contributed by atoms with Crippen molar-refractivity contribution in [1.29, 1.82) is 0 Å². The normalized spacial score (nSPS) is 12.4. The summed E-state index contributed by atoms with van der Waals surface area (Å²) in [5.74, 6) is 3.83. The second-order valence-corrected chi connectivity index (χ2v) is 9.17. The number of amides is 1. The molecule has 1 N–H and O–H groups in total. The minimum absolute atomic E-state index is 0.130. The molecule has 1 aliphatic rings. The van der Waals surface area contributed by atoms with Gasteiger partial charge < -0.3 is 10.1 Å². The Morgan fingerprint density at radius 2 is 1.65 bits per heavy atom. The fourth-order valence-corrected chi connectivity index (χ4v) is 5.10. The average Bonchev–Trinajstić information content (AvgIpc) is 3.38. The van der Waals surface area contributed by atoms with Gasteiger partial charge in [-0.15, -0.1) is 0 Å². The molecule has 0 radical (unpaired) electrons. The predicted octanol–water partition coefficient (Wildman–Crippen LogP) is 6.27. The van der Waals surface area contributed by atoms with Crippen LogP contribution in [-0.4, -0.2) is 15.7 Å². The van der Waals surface area contributed by atoms with Gasteiger partial charge in [0, 0.05) is 20.6 Å². The molecular formula is C24H18IN3O2S. The van der Waals surface area contributed by atoms with Crippen molar-refractivity contribution in [3.8, 4) is 17.2 Å². The molecule has 0 saturated carbocycles. The Morgan fingerprint density at radius 1 is 0.935 bits per heavy atom. The van der Waals surface area contributed by atoms with Crippen LogP contribution in [0.25, 0.3) is 5.69 Å². The molecule has 5 rings (SSSR count). The molecule has 0 saturated heterocycles. The summed E-state index contributed by atoms with van der Waals surface area (Å²) in [6.45, 7) is 0. The van der Waals surface area contributed by atoms with Crippen molar-refractivity contribution in [1.82, 2.24) is 9.78 Å². The van der Waals surface area contributed by atoms with E-state index in [9.17, 15) is 4.79 Å². The number of aromatic nitrogens is 2. The molecule has 5 nitrogen and oxygen atoms in total. The minimum atomic E-state index is -0.130. The number of nitrogens with one attached hydrogen (secondary N) is 1. The molecule has 0 atom stereocenters. The van der Waals surface area contributed by atoms with Gasteiger partial charge in [0.25, 0.3) is 5.91 Å². The summed E-state index contributed by atoms with van der Waals surface area (Å²) in [6, 6.07) is 25.0. The Morgan fingerprint density at radius 3 is 2.42 bits per heavy atom. The number of hydrogen-bond donors (Lipinski definition) is 1. The number of thioether (sulfide) groups is 1. The number of ether oxygens (including phenoxy) is 1. The Hall–Kier alpha value is -2.78. The van der Waals surface area contributed by atoms with Gasteiger partial charge in [0.2, 0.25) is 0 Å². The molecule has 4 aromatic rings. The van der Waals surface area contributed by atoms with E-state index in [0.717, 1.165) is 49.3 Å². The van der Waals surface area contributed by atoms with Crippen LogP contribution < -0.4 is 10.1 Å². The van der Waals surface area contributed by atoms with E-state index in [1.165, 1.54) is 0 Å². The van der Waals surface area contributed by atoms with E-state index in [1.54, 1.807) is 0 Å². The van der Waals surface area contributed by atoms with Crippen LogP contribution in [0.4, 0.5) is 5.82 Å². The first-order valence-electron chi connectivity index (χ1n) is 9.77. The Labute approximate surface area is 198 Å². The Kier molecular flexibility index (Phi) is 5.69. The van der Waals surface area contributed by atoms with Crippen LogP contribution in [0.15, 0.2) is 78.9 Å². The van der Waals surface area contributed by atoms with Gasteiger partial charge in [-0.2, -0.15) is 16.9 Å². The maximum Gasteiger partial charge on any atom is 0.257 e. The highest BCUT2D eigenvalue weighted by atomic mass is 127. The molecule has 0 bridgehead atoms. The zero-order chi connectivity index (χ0) is 21.2. The van der Waals surface area contributed by atoms with Crippen molar-refractivity contribution in [2.24, 2.45) is 0 Å². The maximum atomic E-state index is 13.0. The van der Waals surface area contributed by atoms with Crippen LogP contribution in [0.3, 0.4) is 0 Å². The van der Waals surface area contributed by atoms with E-state index in [1.807, 2.05) is 95.3 Å². The predicted molar refractivity (Wildman–Crippen MR) is 132 cm³/mol. The van der Waals surface area contributed by atoms with Gasteiger partial charge in [0.05, 0.1) is 16.9 Å². The number of para-hydroxylation sites is 1. The first-order valence-corrected chi connectivity index (χ1v) is 12.0. The van der Waals surface area contributed by atoms with Crippen molar-refractivity contribution in [2.45, 2.75) is 11.5 Å². The molecule has 1 aromatic heterocycles. The van der Waals surface area contributed by atoms with E-state index in [2.05, 4.69) is 27.9 Å². The summed E-state index contributed by atoms with van der Waals surface area (Å²) in [5.41, 5.74) is 3.64. The Balaban J connectivity index is 1.45. The van der Waals surface area contributed by atoms with E-state index in [-0.39, 0.29) is 5.91 Å². The largest absolute Gasteiger partial charge is 0.457 e. The lowest BCUT2D eigenvalue weighted by Crippen LogP contribution is -2.17. The summed E-state index contributed by atoms with van der Waals surface area (Å²) in [5, 5.41) is 7.90. The molecular weight excluding hydrogens is 521 g/mol. The standard InChI is InChI=1S/C24H18IN3O2S/c25-21-9-5-4-8-19(21)24(29)26-23-20-14-31-15-22(20)27-28(23)16-10-12-18(13-11-16)30-17-6-2-1-3-7-17/h1-13H,14-15H2,(H,26,29). The summed E-state index contributed by atoms with van der Waals surface area (Å²) in [6.07, 6.45) is 0. The number of rotatable bonds is 5. The van der Waals surface area contributed by atoms with E-state index >= 15 is 0 Å². The van der Waals surface area contributed by atoms with E-state index in [4.69, 9.17) is 9.84 Å². The second kappa shape index (κ2) is 8.76. The second-order valence-electron chi connectivity index (χ2n) is 7.02. The highest BCUT2D eigenvalue weighted by molar-refractivity contribution is 14.1. The average molecular weight is 539 g/mol. The van der Waals surface area contributed by atoms with Crippen molar-refractivity contribution < 1.29 is 9.53 Å². The van der Waals surface area contributed by atoms with Crippen LogP contribution in [0.5, 0.6) is 11.5 Å². The fraction of sp³-hybridized carbons (Fsp3) is 0.0833. The maximum absolute atomic E-state index is 13.0. The summed E-state index contributed by atoms with van der Waals surface area (Å²) < 4.78 is 8.63. The summed E-state index contributed by atoms with van der Waals surface area (Å²) in [4.78, 5) is 13.0. The lowest BCUT2D eigenvalue weighted by molar-refractivity contribution is 0.102. The lowest BCUT2D eigenvalue weighted by Gasteiger charge is -2.12. The van der Waals surface area contributed by atoms with Gasteiger partial charge in [0.1, 0.15) is 17.3 Å². The fourth-order valence-electron chi connectivity index (χ4n) is 3.43. The van der Waals surface area contributed by atoms with Gasteiger partial charge in [0.15, 0.2) is 0 Å². The van der Waals surface area contributed by atoms with Crippen molar-refractivity contribution in [3.63, 3.8) is 0 Å². The minimum Gasteiger partial charge on any atom is -0.457 e. The molecule has 7 heteroatoms. The van der Waals surface area contributed by atoms with Gasteiger partial charge in [-0.25, -0.2) is 4.68 Å². The number of nitrogens with zero attached hydrogens (tertiary/aromatic N) is 2. The van der Waals surface area contributed by atoms with Crippen LogP contribution in [0.1, 0.15) is 21.6 Å². The molecule has 0 aliphatic carbocycles. The molecule has 0 spiro atoms. The molecule has 1 amide bonds. The molecule has 0 fully saturated rings. The third-order valence-electron chi connectivity index (χ3n) is 4.96. The number of carbonyl (C=O) groups is 1. The third-order valence-corrected chi connectivity index (χ3v) is 6.87. The molecule has 0 unspecified atom stereocenters. The van der Waals surface area contributed by atoms with Crippen molar-refractivity contribution in [3.05, 3.63) is 99.3 Å². The molecule has 2 heterocycles. The van der Waals surface area contributed by atoms with Gasteiger partial charge in [-0.3, -0.25) is 4.79 Å².